The minimum Gasteiger partial charge on any atom is -0.392 e. The molecule has 2 rings (SSSR count). The van der Waals surface area contributed by atoms with Crippen LogP contribution in [-0.2, 0) is 0 Å². The van der Waals surface area contributed by atoms with Gasteiger partial charge < -0.3 is 10.6 Å². The van der Waals surface area contributed by atoms with Crippen molar-refractivity contribution in [2.75, 3.05) is 23.7 Å². The maximum atomic E-state index is 13.1. The van der Waals surface area contributed by atoms with Crippen LogP contribution in [0.4, 0.5) is 25.8 Å². The number of nitrogens with zero attached hydrogens (tertiary/aromatic N) is 2. The van der Waals surface area contributed by atoms with E-state index >= 15 is 0 Å². The van der Waals surface area contributed by atoms with Crippen molar-refractivity contribution in [3.05, 3.63) is 26.2 Å². The number of rotatable bonds is 2. The molecule has 0 atom stereocenters. The second kappa shape index (κ2) is 5.21. The standard InChI is InChI=1S/C11H11Cl2F2N3O2/c12-6-5-7(18(19)20)9(16)8(13)10(6)17-3-1-11(14,15)2-4-17/h5H,1-4,16H2. The molecule has 0 saturated carbocycles. The van der Waals surface area contributed by atoms with Gasteiger partial charge in [0.05, 0.1) is 20.7 Å². The van der Waals surface area contributed by atoms with Crippen LogP contribution in [-0.4, -0.2) is 23.9 Å². The highest BCUT2D eigenvalue weighted by molar-refractivity contribution is 6.41. The summed E-state index contributed by atoms with van der Waals surface area (Å²) in [5, 5.41) is 10.7. The van der Waals surface area contributed by atoms with Crippen LogP contribution >= 0.6 is 23.2 Å². The Hall–Kier alpha value is -1.34. The SMILES string of the molecule is Nc1c([N+](=O)[O-])cc(Cl)c(N2CCC(F)(F)CC2)c1Cl. The van der Waals surface area contributed by atoms with E-state index in [1.165, 1.54) is 0 Å². The Labute approximate surface area is 123 Å². The zero-order chi connectivity index (χ0) is 15.1. The lowest BCUT2D eigenvalue weighted by Gasteiger charge is -2.34. The summed E-state index contributed by atoms with van der Waals surface area (Å²) in [4.78, 5) is 11.7. The van der Waals surface area contributed by atoms with Crippen LogP contribution in [0.5, 0.6) is 0 Å². The zero-order valence-electron chi connectivity index (χ0n) is 10.2. The number of nitrogen functional groups attached to an aromatic ring is 1. The summed E-state index contributed by atoms with van der Waals surface area (Å²) in [6, 6.07) is 1.09. The Morgan fingerprint density at radius 3 is 2.40 bits per heavy atom. The van der Waals surface area contributed by atoms with E-state index in [1.807, 2.05) is 0 Å². The Balaban J connectivity index is 2.39. The van der Waals surface area contributed by atoms with Gasteiger partial charge in [0.15, 0.2) is 0 Å². The van der Waals surface area contributed by atoms with E-state index in [0.717, 1.165) is 6.07 Å². The predicted octanol–water partition coefficient (Wildman–Crippen LogP) is 3.72. The summed E-state index contributed by atoms with van der Waals surface area (Å²) in [5.74, 6) is -2.71. The number of nitro benzene ring substituents is 1. The number of benzene rings is 1. The van der Waals surface area contributed by atoms with Gasteiger partial charge >= 0.3 is 0 Å². The molecule has 1 fully saturated rings. The van der Waals surface area contributed by atoms with Crippen LogP contribution in [0, 0.1) is 10.1 Å². The summed E-state index contributed by atoms with van der Waals surface area (Å²) in [7, 11) is 0. The van der Waals surface area contributed by atoms with E-state index in [9.17, 15) is 18.9 Å². The predicted molar refractivity (Wildman–Crippen MR) is 73.9 cm³/mol. The molecule has 2 N–H and O–H groups in total. The summed E-state index contributed by atoms with van der Waals surface area (Å²) < 4.78 is 26.3. The molecular formula is C11H11Cl2F2N3O2. The maximum Gasteiger partial charge on any atom is 0.295 e. The van der Waals surface area contributed by atoms with Crippen LogP contribution < -0.4 is 10.6 Å². The lowest BCUT2D eigenvalue weighted by Crippen LogP contribution is -2.39. The molecule has 0 unspecified atom stereocenters. The molecule has 1 heterocycles. The zero-order valence-corrected chi connectivity index (χ0v) is 11.7. The van der Waals surface area contributed by atoms with Crippen molar-refractivity contribution >= 4 is 40.3 Å². The minimum atomic E-state index is -2.71. The molecule has 0 amide bonds. The molecular weight excluding hydrogens is 315 g/mol. The minimum absolute atomic E-state index is 0.0288. The normalized spacial score (nSPS) is 18.1. The highest BCUT2D eigenvalue weighted by atomic mass is 35.5. The molecule has 1 aromatic rings. The fraction of sp³-hybridized carbons (Fsp3) is 0.455. The van der Waals surface area contributed by atoms with Gasteiger partial charge in [-0.2, -0.15) is 0 Å². The van der Waals surface area contributed by atoms with Gasteiger partial charge in [-0.3, -0.25) is 10.1 Å². The first kappa shape index (κ1) is 15.1. The van der Waals surface area contributed by atoms with Gasteiger partial charge in [-0.1, -0.05) is 23.2 Å². The van der Waals surface area contributed by atoms with E-state index in [1.54, 1.807) is 4.90 Å². The first-order chi connectivity index (χ1) is 9.23. The number of nitro groups is 1. The molecule has 0 aromatic heterocycles. The molecule has 0 aliphatic carbocycles. The van der Waals surface area contributed by atoms with Gasteiger partial charge in [0.2, 0.25) is 0 Å². The van der Waals surface area contributed by atoms with Crippen molar-refractivity contribution in [2.45, 2.75) is 18.8 Å². The molecule has 5 nitrogen and oxygen atoms in total. The monoisotopic (exact) mass is 325 g/mol. The van der Waals surface area contributed by atoms with Crippen LogP contribution in [0.3, 0.4) is 0 Å². The van der Waals surface area contributed by atoms with E-state index in [-0.39, 0.29) is 47.4 Å². The fourth-order valence-electron chi connectivity index (χ4n) is 2.11. The number of nitrogens with two attached hydrogens (primary N) is 1. The molecule has 1 aromatic carbocycles. The molecule has 0 radical (unpaired) electrons. The summed E-state index contributed by atoms with van der Waals surface area (Å²) in [6.07, 6.45) is -0.646. The van der Waals surface area contributed by atoms with Gasteiger partial charge in [-0.05, 0) is 0 Å². The van der Waals surface area contributed by atoms with Crippen LogP contribution in [0.2, 0.25) is 10.0 Å². The quantitative estimate of drug-likeness (QED) is 0.511. The average molecular weight is 326 g/mol. The molecule has 1 aliphatic rings. The Kier molecular flexibility index (Phi) is 3.93. The smallest absolute Gasteiger partial charge is 0.295 e. The van der Waals surface area contributed by atoms with E-state index in [4.69, 9.17) is 28.9 Å². The van der Waals surface area contributed by atoms with Crippen molar-refractivity contribution in [1.82, 2.24) is 0 Å². The fourth-order valence-corrected chi connectivity index (χ4v) is 2.79. The second-order valence-corrected chi connectivity index (χ2v) is 5.34. The lowest BCUT2D eigenvalue weighted by molar-refractivity contribution is -0.383. The van der Waals surface area contributed by atoms with Gasteiger partial charge in [-0.15, -0.1) is 0 Å². The molecule has 1 saturated heterocycles. The highest BCUT2D eigenvalue weighted by Gasteiger charge is 2.36. The van der Waals surface area contributed by atoms with E-state index in [0.29, 0.717) is 0 Å². The molecule has 0 bridgehead atoms. The number of alkyl halides is 2. The highest BCUT2D eigenvalue weighted by Crippen LogP contribution is 2.44. The van der Waals surface area contributed by atoms with Gasteiger partial charge in [0.25, 0.3) is 11.6 Å². The van der Waals surface area contributed by atoms with Crippen molar-refractivity contribution in [3.63, 3.8) is 0 Å². The lowest BCUT2D eigenvalue weighted by atomic mass is 10.1. The van der Waals surface area contributed by atoms with Gasteiger partial charge in [0, 0.05) is 32.0 Å². The Morgan fingerprint density at radius 1 is 1.35 bits per heavy atom. The number of hydrogen-bond acceptors (Lipinski definition) is 4. The third-order valence-corrected chi connectivity index (χ3v) is 3.89. The maximum absolute atomic E-state index is 13.1. The third kappa shape index (κ3) is 2.73. The average Bonchev–Trinajstić information content (AvgIpc) is 2.35. The van der Waals surface area contributed by atoms with E-state index in [2.05, 4.69) is 0 Å². The molecule has 110 valence electrons. The molecule has 20 heavy (non-hydrogen) atoms. The van der Waals surface area contributed by atoms with Crippen molar-refractivity contribution in [2.24, 2.45) is 0 Å². The van der Waals surface area contributed by atoms with Gasteiger partial charge in [-0.25, -0.2) is 8.78 Å². The summed E-state index contributed by atoms with van der Waals surface area (Å²) >= 11 is 12.0. The van der Waals surface area contributed by atoms with Crippen molar-refractivity contribution in [3.8, 4) is 0 Å². The van der Waals surface area contributed by atoms with Crippen LogP contribution in [0.1, 0.15) is 12.8 Å². The molecule has 9 heteroatoms. The third-order valence-electron chi connectivity index (χ3n) is 3.22. The number of anilines is 2. The summed E-state index contributed by atoms with van der Waals surface area (Å²) in [6.45, 7) is 0.118. The first-order valence-corrected chi connectivity index (χ1v) is 6.53. The summed E-state index contributed by atoms with van der Waals surface area (Å²) in [5.41, 5.74) is 5.26. The number of halogens is 4. The van der Waals surface area contributed by atoms with Gasteiger partial charge in [0.1, 0.15) is 5.69 Å². The Morgan fingerprint density at radius 2 is 1.90 bits per heavy atom. The molecule has 0 spiro atoms. The van der Waals surface area contributed by atoms with Crippen LogP contribution in [0.25, 0.3) is 0 Å². The molecule has 1 aliphatic heterocycles. The van der Waals surface area contributed by atoms with E-state index < -0.39 is 16.5 Å². The number of piperidine rings is 1. The number of hydrogen-bond donors (Lipinski definition) is 1. The second-order valence-electron chi connectivity index (χ2n) is 4.55. The Bertz CT molecular complexity index is 559. The topological polar surface area (TPSA) is 72.4 Å². The van der Waals surface area contributed by atoms with Crippen molar-refractivity contribution < 1.29 is 13.7 Å². The first-order valence-electron chi connectivity index (χ1n) is 5.77. The largest absolute Gasteiger partial charge is 0.392 e. The van der Waals surface area contributed by atoms with Crippen molar-refractivity contribution in [1.29, 1.82) is 0 Å². The van der Waals surface area contributed by atoms with Crippen LogP contribution in [0.15, 0.2) is 6.07 Å².